The number of pyridine rings is 1. The van der Waals surface area contributed by atoms with E-state index in [1.165, 1.54) is 4.90 Å². The lowest BCUT2D eigenvalue weighted by Gasteiger charge is -2.21. The number of nitrogens with zero attached hydrogens (tertiary/aromatic N) is 2. The molecule has 124 valence electrons. The molecule has 1 aromatic heterocycles. The van der Waals surface area contributed by atoms with Crippen molar-refractivity contribution in [3.8, 4) is 11.6 Å². The summed E-state index contributed by atoms with van der Waals surface area (Å²) in [5, 5.41) is 11.8. The number of benzene rings is 1. The van der Waals surface area contributed by atoms with E-state index in [-0.39, 0.29) is 30.8 Å². The van der Waals surface area contributed by atoms with Gasteiger partial charge in [-0.3, -0.25) is 14.5 Å². The van der Waals surface area contributed by atoms with Crippen LogP contribution in [-0.4, -0.2) is 41.1 Å². The Morgan fingerprint density at radius 3 is 2.92 bits per heavy atom. The number of aromatic nitrogens is 1. The maximum atomic E-state index is 12.9. The van der Waals surface area contributed by atoms with Crippen LogP contribution in [0, 0.1) is 0 Å². The van der Waals surface area contributed by atoms with Crippen molar-refractivity contribution in [1.82, 2.24) is 10.3 Å². The predicted octanol–water partition coefficient (Wildman–Crippen LogP) is 1.33. The highest BCUT2D eigenvalue weighted by atomic mass is 16.5. The Balaban J connectivity index is 1.94. The van der Waals surface area contributed by atoms with E-state index in [1.54, 1.807) is 49.5 Å². The van der Waals surface area contributed by atoms with Gasteiger partial charge in [-0.15, -0.1) is 0 Å². The van der Waals surface area contributed by atoms with Crippen LogP contribution in [0.4, 0.5) is 5.69 Å². The van der Waals surface area contributed by atoms with E-state index in [0.717, 1.165) is 0 Å². The third-order valence-electron chi connectivity index (χ3n) is 3.51. The van der Waals surface area contributed by atoms with Gasteiger partial charge in [0, 0.05) is 12.7 Å². The molecule has 1 aromatic carbocycles. The summed E-state index contributed by atoms with van der Waals surface area (Å²) in [4.78, 5) is 30.5. The molecular weight excluding hydrogens is 310 g/mol. The zero-order valence-corrected chi connectivity index (χ0v) is 13.1. The molecule has 2 heterocycles. The standard InChI is InChI=1S/C17H17N3O4/c1-11(21)9-19-15(22)10-20-13-6-4-8-18-16(13)24-14-7-3-2-5-12(14)17(20)23/h2-8,11,21H,9-10H2,1H3,(H,19,22)/t11-/m0/s1. The van der Waals surface area contributed by atoms with Crippen molar-refractivity contribution in [2.45, 2.75) is 13.0 Å². The lowest BCUT2D eigenvalue weighted by atomic mass is 10.1. The van der Waals surface area contributed by atoms with Gasteiger partial charge in [-0.2, -0.15) is 0 Å². The summed E-state index contributed by atoms with van der Waals surface area (Å²) >= 11 is 0. The van der Waals surface area contributed by atoms with Crippen LogP contribution in [0.2, 0.25) is 0 Å². The first kappa shape index (κ1) is 15.9. The van der Waals surface area contributed by atoms with Gasteiger partial charge in [0.25, 0.3) is 5.91 Å². The molecule has 2 N–H and O–H groups in total. The number of nitrogens with one attached hydrogen (secondary N) is 1. The van der Waals surface area contributed by atoms with E-state index in [1.807, 2.05) is 0 Å². The molecule has 0 bridgehead atoms. The van der Waals surface area contributed by atoms with E-state index in [0.29, 0.717) is 17.0 Å². The SMILES string of the molecule is C[C@H](O)CNC(=O)CN1C(=O)c2ccccc2Oc2ncccc21. The molecular formula is C17H17N3O4. The molecule has 2 aromatic rings. The second kappa shape index (κ2) is 6.67. The number of rotatable bonds is 4. The first-order valence-electron chi connectivity index (χ1n) is 7.55. The minimum Gasteiger partial charge on any atom is -0.436 e. The second-order valence-electron chi connectivity index (χ2n) is 5.47. The highest BCUT2D eigenvalue weighted by Crippen LogP contribution is 2.36. The molecule has 24 heavy (non-hydrogen) atoms. The van der Waals surface area contributed by atoms with Crippen LogP contribution in [-0.2, 0) is 4.79 Å². The molecule has 7 heteroatoms. The highest BCUT2D eigenvalue weighted by molar-refractivity contribution is 6.11. The van der Waals surface area contributed by atoms with Crippen LogP contribution in [0.25, 0.3) is 0 Å². The zero-order chi connectivity index (χ0) is 17.1. The van der Waals surface area contributed by atoms with Crippen LogP contribution < -0.4 is 15.0 Å². The Morgan fingerprint density at radius 1 is 1.33 bits per heavy atom. The number of amides is 2. The van der Waals surface area contributed by atoms with Crippen molar-refractivity contribution in [1.29, 1.82) is 0 Å². The van der Waals surface area contributed by atoms with Crippen molar-refractivity contribution >= 4 is 17.5 Å². The minimum atomic E-state index is -0.660. The third kappa shape index (κ3) is 3.21. The first-order chi connectivity index (χ1) is 11.6. The molecule has 7 nitrogen and oxygen atoms in total. The maximum absolute atomic E-state index is 12.9. The molecule has 1 atom stereocenters. The zero-order valence-electron chi connectivity index (χ0n) is 13.1. The van der Waals surface area contributed by atoms with Crippen LogP contribution in [0.3, 0.4) is 0 Å². The Morgan fingerprint density at radius 2 is 2.12 bits per heavy atom. The summed E-state index contributed by atoms with van der Waals surface area (Å²) in [6, 6.07) is 10.2. The van der Waals surface area contributed by atoms with Crippen LogP contribution in [0.15, 0.2) is 42.6 Å². The molecule has 1 aliphatic heterocycles. The number of anilines is 1. The largest absolute Gasteiger partial charge is 0.436 e. The summed E-state index contributed by atoms with van der Waals surface area (Å²) in [5.41, 5.74) is 0.782. The Bertz CT molecular complexity index is 776. The number of aliphatic hydroxyl groups is 1. The van der Waals surface area contributed by atoms with Crippen LogP contribution in [0.1, 0.15) is 17.3 Å². The first-order valence-corrected chi connectivity index (χ1v) is 7.55. The molecule has 1 aliphatic rings. The average Bonchev–Trinajstić information content (AvgIpc) is 2.69. The molecule has 2 amide bonds. The van der Waals surface area contributed by atoms with Gasteiger partial charge in [0.15, 0.2) is 0 Å². The molecule has 0 radical (unpaired) electrons. The lowest BCUT2D eigenvalue weighted by Crippen LogP contribution is -2.42. The number of fused-ring (bicyclic) bond motifs is 2. The van der Waals surface area contributed by atoms with E-state index in [9.17, 15) is 14.7 Å². The summed E-state index contributed by atoms with van der Waals surface area (Å²) in [5.74, 6) is -0.0588. The Hall–Kier alpha value is -2.93. The number of aliphatic hydroxyl groups excluding tert-OH is 1. The number of carbonyl (C=O) groups excluding carboxylic acids is 2. The highest BCUT2D eigenvalue weighted by Gasteiger charge is 2.30. The summed E-state index contributed by atoms with van der Waals surface area (Å²) in [6.07, 6.45) is 0.898. The fraction of sp³-hybridized carbons (Fsp3) is 0.235. The monoisotopic (exact) mass is 327 g/mol. The predicted molar refractivity (Wildman–Crippen MR) is 87.1 cm³/mol. The second-order valence-corrected chi connectivity index (χ2v) is 5.47. The number of para-hydroxylation sites is 1. The average molecular weight is 327 g/mol. The lowest BCUT2D eigenvalue weighted by molar-refractivity contribution is -0.120. The molecule has 0 saturated carbocycles. The normalized spacial score (nSPS) is 14.1. The number of hydrogen-bond donors (Lipinski definition) is 2. The van der Waals surface area contributed by atoms with E-state index in [2.05, 4.69) is 10.3 Å². The van der Waals surface area contributed by atoms with Crippen molar-refractivity contribution in [3.05, 3.63) is 48.2 Å². The van der Waals surface area contributed by atoms with Crippen molar-refractivity contribution in [2.75, 3.05) is 18.0 Å². The Labute approximate surface area is 138 Å². The fourth-order valence-electron chi connectivity index (χ4n) is 2.38. The van der Waals surface area contributed by atoms with E-state index >= 15 is 0 Å². The number of ether oxygens (including phenoxy) is 1. The van der Waals surface area contributed by atoms with Gasteiger partial charge in [-0.25, -0.2) is 4.98 Å². The minimum absolute atomic E-state index is 0.119. The molecule has 0 saturated heterocycles. The van der Waals surface area contributed by atoms with Crippen molar-refractivity contribution in [3.63, 3.8) is 0 Å². The molecule has 0 aliphatic carbocycles. The quantitative estimate of drug-likeness (QED) is 0.884. The summed E-state index contributed by atoms with van der Waals surface area (Å²) in [7, 11) is 0. The maximum Gasteiger partial charge on any atom is 0.262 e. The van der Waals surface area contributed by atoms with Gasteiger partial charge in [0.05, 0.1) is 11.7 Å². The fourth-order valence-corrected chi connectivity index (χ4v) is 2.38. The van der Waals surface area contributed by atoms with Crippen molar-refractivity contribution in [2.24, 2.45) is 0 Å². The van der Waals surface area contributed by atoms with E-state index < -0.39 is 6.10 Å². The van der Waals surface area contributed by atoms with Crippen molar-refractivity contribution < 1.29 is 19.4 Å². The van der Waals surface area contributed by atoms with Gasteiger partial charge < -0.3 is 15.2 Å². The van der Waals surface area contributed by atoms with E-state index in [4.69, 9.17) is 4.74 Å². The Kier molecular flexibility index (Phi) is 4.43. The van der Waals surface area contributed by atoms with Gasteiger partial charge in [-0.05, 0) is 31.2 Å². The number of carbonyl (C=O) groups is 2. The smallest absolute Gasteiger partial charge is 0.262 e. The van der Waals surface area contributed by atoms with Crippen LogP contribution in [0.5, 0.6) is 11.6 Å². The molecule has 3 rings (SSSR count). The van der Waals surface area contributed by atoms with Crippen LogP contribution >= 0.6 is 0 Å². The third-order valence-corrected chi connectivity index (χ3v) is 3.51. The van der Waals surface area contributed by atoms with Gasteiger partial charge in [-0.1, -0.05) is 12.1 Å². The van der Waals surface area contributed by atoms with Gasteiger partial charge in [0.1, 0.15) is 18.0 Å². The van der Waals surface area contributed by atoms with Gasteiger partial charge >= 0.3 is 0 Å². The summed E-state index contributed by atoms with van der Waals surface area (Å²) in [6.45, 7) is 1.50. The molecule has 0 fully saturated rings. The van der Waals surface area contributed by atoms with Gasteiger partial charge in [0.2, 0.25) is 11.8 Å². The topological polar surface area (TPSA) is 91.8 Å². The number of hydrogen-bond acceptors (Lipinski definition) is 5. The molecule has 0 unspecified atom stereocenters. The summed E-state index contributed by atoms with van der Waals surface area (Å²) < 4.78 is 5.74. The molecule has 0 spiro atoms.